The van der Waals surface area contributed by atoms with Crippen LogP contribution in [0.15, 0.2) is 129 Å². The molecule has 13 heteroatoms. The van der Waals surface area contributed by atoms with E-state index in [1.807, 2.05) is 26.0 Å². The highest BCUT2D eigenvalue weighted by atomic mass is 35.5. The molecule has 0 aliphatic carbocycles. The van der Waals surface area contributed by atoms with Crippen molar-refractivity contribution in [2.45, 2.75) is 38.5 Å². The van der Waals surface area contributed by atoms with Gasteiger partial charge in [0.1, 0.15) is 0 Å². The number of oxime groups is 2. The Morgan fingerprint density at radius 1 is 0.632 bits per heavy atom. The number of pyridine rings is 2. The van der Waals surface area contributed by atoms with Crippen molar-refractivity contribution in [1.29, 1.82) is 0 Å². The molecule has 0 bridgehead atoms. The van der Waals surface area contributed by atoms with Crippen LogP contribution in [0.5, 0.6) is 11.5 Å². The van der Waals surface area contributed by atoms with Crippen LogP contribution < -0.4 is 15.9 Å². The van der Waals surface area contributed by atoms with Crippen molar-refractivity contribution in [3.8, 4) is 11.5 Å². The van der Waals surface area contributed by atoms with E-state index in [0.717, 1.165) is 22.3 Å². The van der Waals surface area contributed by atoms with E-state index in [0.29, 0.717) is 32.3 Å². The Morgan fingerprint density at radius 2 is 1.04 bits per heavy atom. The molecule has 9 nitrogen and oxygen atoms in total. The lowest BCUT2D eigenvalue weighted by molar-refractivity contribution is 0.317. The molecule has 6 aromatic rings. The molecule has 2 heterocycles. The fraction of sp³-hybridized carbons (Fsp3) is 0.182. The standard InChI is InChI=1S/C44H38Cl2F2N4O5/c1-25-17-31(45)9-11-33(25)35(21-39(49-55)29-7-15-43(53)51(3)23-29)27-5-13-41(37(47)19-27)57-42-14-6-28(20-38(42)48)36(34-12-10-32(46)18-26(34)2)22-40(50-56)30-8-16-44(54)52(4)24-30/h5-20,23-24,35-36,55-56H,21-22H2,1-4H3/b49-39+,50-40+. The maximum Gasteiger partial charge on any atom is 0.250 e. The average molecular weight is 812 g/mol. The summed E-state index contributed by atoms with van der Waals surface area (Å²) in [5, 5.41) is 28.3. The Morgan fingerprint density at radius 3 is 1.37 bits per heavy atom. The Bertz CT molecular complexity index is 2480. The molecular formula is C44H38Cl2F2N4O5. The van der Waals surface area contributed by atoms with Gasteiger partial charge < -0.3 is 24.3 Å². The summed E-state index contributed by atoms with van der Waals surface area (Å²) in [6, 6.07) is 25.3. The van der Waals surface area contributed by atoms with E-state index in [2.05, 4.69) is 10.3 Å². The number of ether oxygens (including phenoxy) is 1. The summed E-state index contributed by atoms with van der Waals surface area (Å²) in [7, 11) is 3.18. The number of aryl methyl sites for hydroxylation is 4. The van der Waals surface area contributed by atoms with E-state index < -0.39 is 23.5 Å². The van der Waals surface area contributed by atoms with Gasteiger partial charge in [-0.25, -0.2) is 8.78 Å². The van der Waals surface area contributed by atoms with E-state index >= 15 is 8.78 Å². The second-order valence-electron chi connectivity index (χ2n) is 13.8. The smallest absolute Gasteiger partial charge is 0.250 e. The molecule has 0 amide bonds. The molecule has 0 radical (unpaired) electrons. The zero-order chi connectivity index (χ0) is 41.0. The molecule has 2 atom stereocenters. The van der Waals surface area contributed by atoms with E-state index in [4.69, 9.17) is 27.9 Å². The third-order valence-electron chi connectivity index (χ3n) is 10.0. The van der Waals surface area contributed by atoms with Crippen molar-refractivity contribution in [3.05, 3.63) is 196 Å². The first-order chi connectivity index (χ1) is 27.3. The zero-order valence-corrected chi connectivity index (χ0v) is 32.9. The van der Waals surface area contributed by atoms with Gasteiger partial charge in [0, 0.05) is 84.5 Å². The SMILES string of the molecule is Cc1cc(Cl)ccc1C(C/C(=N\O)c1ccc(=O)n(C)c1)c1ccc(Oc2ccc(C(C/C(=N\O)c3ccc(=O)n(C)c3)c3ccc(Cl)cc3C)cc2F)c(F)c1. The van der Waals surface area contributed by atoms with Crippen LogP contribution in [0, 0.1) is 25.5 Å². The van der Waals surface area contributed by atoms with Crippen LogP contribution in [0.4, 0.5) is 8.78 Å². The molecule has 4 aromatic carbocycles. The fourth-order valence-electron chi connectivity index (χ4n) is 6.98. The molecule has 0 saturated heterocycles. The number of aromatic nitrogens is 2. The van der Waals surface area contributed by atoms with Crippen LogP contribution in [0.1, 0.15) is 69.2 Å². The van der Waals surface area contributed by atoms with Crippen LogP contribution >= 0.6 is 23.2 Å². The summed E-state index contributed by atoms with van der Waals surface area (Å²) in [6.07, 6.45) is 3.39. The topological polar surface area (TPSA) is 118 Å². The number of benzene rings is 4. The zero-order valence-electron chi connectivity index (χ0n) is 31.4. The third-order valence-corrected chi connectivity index (χ3v) is 10.5. The number of hydrogen-bond acceptors (Lipinski definition) is 7. The second-order valence-corrected chi connectivity index (χ2v) is 14.7. The van der Waals surface area contributed by atoms with Crippen LogP contribution in [0.25, 0.3) is 0 Å². The summed E-state index contributed by atoms with van der Waals surface area (Å²) in [5.74, 6) is -3.00. The first kappa shape index (κ1) is 40.6. The Kier molecular flexibility index (Phi) is 12.4. The molecule has 2 N–H and O–H groups in total. The first-order valence-corrected chi connectivity index (χ1v) is 18.6. The lowest BCUT2D eigenvalue weighted by Gasteiger charge is -2.22. The minimum Gasteiger partial charge on any atom is -0.451 e. The molecule has 0 spiro atoms. The molecule has 0 saturated carbocycles. The van der Waals surface area contributed by atoms with Gasteiger partial charge in [0.05, 0.1) is 11.4 Å². The second kappa shape index (κ2) is 17.4. The third kappa shape index (κ3) is 9.17. The Labute approximate surface area is 337 Å². The van der Waals surface area contributed by atoms with E-state index in [-0.39, 0.29) is 46.9 Å². The van der Waals surface area contributed by atoms with Crippen molar-refractivity contribution in [3.63, 3.8) is 0 Å². The Balaban J connectivity index is 1.32. The van der Waals surface area contributed by atoms with Gasteiger partial charge in [-0.3, -0.25) is 9.59 Å². The van der Waals surface area contributed by atoms with Crippen molar-refractivity contribution >= 4 is 34.6 Å². The molecule has 0 aliphatic heterocycles. The minimum atomic E-state index is -0.757. The highest BCUT2D eigenvalue weighted by molar-refractivity contribution is 6.31. The van der Waals surface area contributed by atoms with Crippen LogP contribution in [-0.4, -0.2) is 31.0 Å². The lowest BCUT2D eigenvalue weighted by Crippen LogP contribution is -2.18. The van der Waals surface area contributed by atoms with Crippen LogP contribution in [-0.2, 0) is 14.1 Å². The number of hydrogen-bond donors (Lipinski definition) is 2. The van der Waals surface area contributed by atoms with Crippen molar-refractivity contribution in [1.82, 2.24) is 9.13 Å². The van der Waals surface area contributed by atoms with Gasteiger partial charge in [-0.05, 0) is 108 Å². The number of nitrogens with zero attached hydrogens (tertiary/aromatic N) is 4. The predicted molar refractivity (Wildman–Crippen MR) is 218 cm³/mol. The summed E-state index contributed by atoms with van der Waals surface area (Å²) < 4.78 is 40.5. The highest BCUT2D eigenvalue weighted by Gasteiger charge is 2.25. The largest absolute Gasteiger partial charge is 0.451 e. The molecule has 0 fully saturated rings. The van der Waals surface area contributed by atoms with E-state index in [1.54, 1.807) is 75.0 Å². The molecule has 57 heavy (non-hydrogen) atoms. The summed E-state index contributed by atoms with van der Waals surface area (Å²) >= 11 is 12.5. The predicted octanol–water partition coefficient (Wildman–Crippen LogP) is 9.88. The van der Waals surface area contributed by atoms with Gasteiger partial charge in [-0.1, -0.05) is 57.8 Å². The molecule has 6 rings (SSSR count). The fourth-order valence-corrected chi connectivity index (χ4v) is 7.43. The molecule has 0 aliphatic rings. The summed E-state index contributed by atoms with van der Waals surface area (Å²) in [4.78, 5) is 24.1. The molecule has 2 unspecified atom stereocenters. The lowest BCUT2D eigenvalue weighted by atomic mass is 9.83. The van der Waals surface area contributed by atoms with Gasteiger partial charge in [-0.2, -0.15) is 0 Å². The van der Waals surface area contributed by atoms with Gasteiger partial charge in [0.15, 0.2) is 23.1 Å². The van der Waals surface area contributed by atoms with Gasteiger partial charge in [0.2, 0.25) is 11.1 Å². The maximum absolute atomic E-state index is 16.0. The summed E-state index contributed by atoms with van der Waals surface area (Å²) in [6.45, 7) is 3.75. The molecule has 292 valence electrons. The highest BCUT2D eigenvalue weighted by Crippen LogP contribution is 2.38. The van der Waals surface area contributed by atoms with Crippen LogP contribution in [0.2, 0.25) is 10.0 Å². The van der Waals surface area contributed by atoms with Gasteiger partial charge >= 0.3 is 0 Å². The van der Waals surface area contributed by atoms with E-state index in [1.165, 1.54) is 45.5 Å². The maximum atomic E-state index is 16.0. The van der Waals surface area contributed by atoms with Gasteiger partial charge in [-0.15, -0.1) is 0 Å². The number of rotatable bonds is 12. The summed E-state index contributed by atoms with van der Waals surface area (Å²) in [5.41, 5.74) is 5.40. The van der Waals surface area contributed by atoms with Crippen molar-refractivity contribution in [2.24, 2.45) is 24.4 Å². The number of halogens is 4. The molecular weight excluding hydrogens is 773 g/mol. The quantitative estimate of drug-likeness (QED) is 0.0725. The van der Waals surface area contributed by atoms with Crippen molar-refractivity contribution in [2.75, 3.05) is 0 Å². The van der Waals surface area contributed by atoms with E-state index in [9.17, 15) is 20.0 Å². The van der Waals surface area contributed by atoms with Gasteiger partial charge in [0.25, 0.3) is 0 Å². The normalized spacial score (nSPS) is 13.1. The minimum absolute atomic E-state index is 0.131. The van der Waals surface area contributed by atoms with Crippen molar-refractivity contribution < 1.29 is 23.9 Å². The average Bonchev–Trinajstić information content (AvgIpc) is 3.17. The molecule has 2 aromatic heterocycles. The Hall–Kier alpha value is -6.04. The van der Waals surface area contributed by atoms with Crippen LogP contribution in [0.3, 0.4) is 0 Å². The monoisotopic (exact) mass is 810 g/mol. The first-order valence-electron chi connectivity index (χ1n) is 17.8.